The molecule has 172 valence electrons. The monoisotopic (exact) mass is 461 g/mol. The zero-order valence-electron chi connectivity index (χ0n) is 19.1. The van der Waals surface area contributed by atoms with Gasteiger partial charge in [-0.05, 0) is 66.6 Å². The van der Waals surface area contributed by atoms with Crippen LogP contribution in [0.2, 0.25) is 0 Å². The highest BCUT2D eigenvalue weighted by molar-refractivity contribution is 5.97. The van der Waals surface area contributed by atoms with E-state index in [2.05, 4.69) is 33.5 Å². The summed E-state index contributed by atoms with van der Waals surface area (Å²) in [5.74, 6) is 1.55. The summed E-state index contributed by atoms with van der Waals surface area (Å²) in [6.07, 6.45) is 2.47. The number of pyridine rings is 1. The lowest BCUT2D eigenvalue weighted by Gasteiger charge is -2.12. The molecular formula is C28H23N5O2. The Morgan fingerprint density at radius 1 is 0.943 bits per heavy atom. The van der Waals surface area contributed by atoms with Crippen LogP contribution >= 0.6 is 0 Å². The third-order valence-corrected chi connectivity index (χ3v) is 5.66. The van der Waals surface area contributed by atoms with E-state index in [-0.39, 0.29) is 0 Å². The molecule has 0 aliphatic rings. The van der Waals surface area contributed by atoms with Crippen LogP contribution in [0.5, 0.6) is 11.5 Å². The summed E-state index contributed by atoms with van der Waals surface area (Å²) in [5.41, 5.74) is 10.3. The summed E-state index contributed by atoms with van der Waals surface area (Å²) in [4.78, 5) is 15.8. The molecule has 2 heterocycles. The van der Waals surface area contributed by atoms with E-state index in [1.165, 1.54) is 0 Å². The maximum atomic E-state index is 11.5. The predicted molar refractivity (Wildman–Crippen MR) is 137 cm³/mol. The predicted octanol–water partition coefficient (Wildman–Crippen LogP) is 5.89. The Bertz CT molecular complexity index is 1500. The maximum absolute atomic E-state index is 11.5. The first kappa shape index (κ1) is 22.0. The smallest absolute Gasteiger partial charge is 0.248 e. The van der Waals surface area contributed by atoms with E-state index in [9.17, 15) is 4.79 Å². The molecular weight excluding hydrogens is 438 g/mol. The van der Waals surface area contributed by atoms with Crippen LogP contribution in [0.4, 0.5) is 11.5 Å². The van der Waals surface area contributed by atoms with Crippen LogP contribution in [0.3, 0.4) is 0 Å². The second-order valence-electron chi connectivity index (χ2n) is 7.98. The Morgan fingerprint density at radius 3 is 2.49 bits per heavy atom. The Balaban J connectivity index is 1.34. The summed E-state index contributed by atoms with van der Waals surface area (Å²) in [5, 5.41) is 13.0. The first-order chi connectivity index (χ1) is 17.1. The van der Waals surface area contributed by atoms with Crippen LogP contribution in [0, 0.1) is 0 Å². The molecule has 0 saturated heterocycles. The minimum Gasteiger partial charge on any atom is -0.457 e. The van der Waals surface area contributed by atoms with Crippen molar-refractivity contribution in [1.82, 2.24) is 15.2 Å². The third-order valence-electron chi connectivity index (χ3n) is 5.66. The van der Waals surface area contributed by atoms with Crippen molar-refractivity contribution in [3.63, 3.8) is 0 Å². The Morgan fingerprint density at radius 2 is 1.74 bits per heavy atom. The molecule has 35 heavy (non-hydrogen) atoms. The van der Waals surface area contributed by atoms with Gasteiger partial charge in [-0.25, -0.2) is 0 Å². The van der Waals surface area contributed by atoms with Crippen molar-refractivity contribution in [3.8, 4) is 22.8 Å². The van der Waals surface area contributed by atoms with Gasteiger partial charge in [0.15, 0.2) is 5.82 Å². The molecule has 1 amide bonds. The van der Waals surface area contributed by atoms with Crippen molar-refractivity contribution < 1.29 is 9.53 Å². The van der Waals surface area contributed by atoms with Crippen molar-refractivity contribution in [2.24, 2.45) is 5.73 Å². The summed E-state index contributed by atoms with van der Waals surface area (Å²) < 4.78 is 6.09. The molecule has 3 N–H and O–H groups in total. The van der Waals surface area contributed by atoms with Crippen molar-refractivity contribution in [1.29, 1.82) is 0 Å². The molecule has 0 aliphatic carbocycles. The van der Waals surface area contributed by atoms with Crippen LogP contribution in [0.15, 0.2) is 91.1 Å². The van der Waals surface area contributed by atoms with Crippen LogP contribution in [0.25, 0.3) is 22.2 Å². The third kappa shape index (κ3) is 4.79. The number of rotatable bonds is 7. The van der Waals surface area contributed by atoms with Crippen LogP contribution in [-0.4, -0.2) is 21.1 Å². The van der Waals surface area contributed by atoms with Gasteiger partial charge in [-0.15, -0.1) is 10.2 Å². The van der Waals surface area contributed by atoms with Gasteiger partial charge in [-0.2, -0.15) is 0 Å². The second kappa shape index (κ2) is 9.61. The zero-order valence-corrected chi connectivity index (χ0v) is 19.1. The van der Waals surface area contributed by atoms with Crippen molar-refractivity contribution in [2.75, 3.05) is 5.32 Å². The van der Waals surface area contributed by atoms with Gasteiger partial charge in [0.25, 0.3) is 0 Å². The molecule has 2 aromatic heterocycles. The summed E-state index contributed by atoms with van der Waals surface area (Å²) in [6.45, 7) is 2.10. The van der Waals surface area contributed by atoms with E-state index in [0.717, 1.165) is 40.1 Å². The minimum absolute atomic E-state index is 0.406. The molecule has 5 aromatic rings. The van der Waals surface area contributed by atoms with E-state index in [4.69, 9.17) is 10.5 Å². The van der Waals surface area contributed by atoms with Crippen molar-refractivity contribution in [2.45, 2.75) is 13.3 Å². The van der Waals surface area contributed by atoms with E-state index >= 15 is 0 Å². The number of hydrogen-bond donors (Lipinski definition) is 2. The van der Waals surface area contributed by atoms with E-state index in [1.54, 1.807) is 30.5 Å². The summed E-state index contributed by atoms with van der Waals surface area (Å²) in [7, 11) is 0. The number of nitrogens with zero attached hydrogens (tertiary/aromatic N) is 3. The number of ether oxygens (including phenoxy) is 1. The number of anilines is 2. The van der Waals surface area contributed by atoms with Gasteiger partial charge in [0.1, 0.15) is 11.5 Å². The van der Waals surface area contributed by atoms with Gasteiger partial charge in [-0.3, -0.25) is 9.78 Å². The Hall–Kier alpha value is -4.78. The van der Waals surface area contributed by atoms with Gasteiger partial charge in [0, 0.05) is 28.4 Å². The first-order valence-electron chi connectivity index (χ1n) is 11.3. The number of primary amides is 1. The van der Waals surface area contributed by atoms with Gasteiger partial charge < -0.3 is 15.8 Å². The molecule has 0 radical (unpaired) electrons. The number of amides is 1. The average molecular weight is 462 g/mol. The molecule has 0 fully saturated rings. The first-order valence-corrected chi connectivity index (χ1v) is 11.3. The molecule has 5 rings (SSSR count). The highest BCUT2D eigenvalue weighted by Crippen LogP contribution is 2.31. The lowest BCUT2D eigenvalue weighted by atomic mass is 10.1. The zero-order chi connectivity index (χ0) is 24.2. The number of nitrogens with two attached hydrogens (primary N) is 1. The molecule has 7 nitrogen and oxygen atoms in total. The lowest BCUT2D eigenvalue weighted by molar-refractivity contribution is 0.100. The summed E-state index contributed by atoms with van der Waals surface area (Å²) in [6, 6.07) is 26.6. The molecule has 3 aromatic carbocycles. The fourth-order valence-electron chi connectivity index (χ4n) is 3.79. The topological polar surface area (TPSA) is 103 Å². The molecule has 0 bridgehead atoms. The fourth-order valence-corrected chi connectivity index (χ4v) is 3.79. The number of carbonyl (C=O) groups excluding carboxylic acids is 1. The Kier molecular flexibility index (Phi) is 6.05. The number of aryl methyl sites for hydroxylation is 1. The van der Waals surface area contributed by atoms with Crippen LogP contribution < -0.4 is 15.8 Å². The largest absolute Gasteiger partial charge is 0.457 e. The lowest BCUT2D eigenvalue weighted by Crippen LogP contribution is -2.10. The summed E-state index contributed by atoms with van der Waals surface area (Å²) >= 11 is 0. The molecule has 0 unspecified atom stereocenters. The Labute approximate surface area is 202 Å². The van der Waals surface area contributed by atoms with Gasteiger partial charge in [0.05, 0.1) is 11.2 Å². The second-order valence-corrected chi connectivity index (χ2v) is 7.98. The van der Waals surface area contributed by atoms with E-state index in [1.807, 2.05) is 54.6 Å². The van der Waals surface area contributed by atoms with Crippen LogP contribution in [0.1, 0.15) is 22.8 Å². The number of benzene rings is 3. The molecule has 0 aliphatic heterocycles. The van der Waals surface area contributed by atoms with Gasteiger partial charge in [-0.1, -0.05) is 37.3 Å². The van der Waals surface area contributed by atoms with E-state index < -0.39 is 5.91 Å². The minimum atomic E-state index is -0.492. The van der Waals surface area contributed by atoms with Gasteiger partial charge >= 0.3 is 0 Å². The number of carbonyl (C=O) groups is 1. The maximum Gasteiger partial charge on any atom is 0.248 e. The quantitative estimate of drug-likeness (QED) is 0.313. The number of hydrogen-bond acceptors (Lipinski definition) is 6. The van der Waals surface area contributed by atoms with Crippen molar-refractivity contribution in [3.05, 3.63) is 102 Å². The highest BCUT2D eigenvalue weighted by Gasteiger charge is 2.10. The fraction of sp³-hybridized carbons (Fsp3) is 0.0714. The SMILES string of the molecule is CCc1cc(-c2ccccc2)nnc1Nc1ccc(Oc2ccnc3cc(C(N)=O)ccc23)cc1. The number of fused-ring (bicyclic) bond motifs is 1. The normalized spacial score (nSPS) is 10.8. The highest BCUT2D eigenvalue weighted by atomic mass is 16.5. The van der Waals surface area contributed by atoms with E-state index in [0.29, 0.717) is 22.6 Å². The standard InChI is InChI=1S/C28H23N5O2/c1-2-18-16-24(19-6-4-3-5-7-19)32-33-28(18)31-21-9-11-22(12-10-21)35-26-14-15-30-25-17-20(27(29)34)8-13-23(25)26/h3-17H,2H2,1H3,(H2,29,34)(H,31,33). The number of aromatic nitrogens is 3. The molecule has 0 spiro atoms. The number of nitrogens with one attached hydrogen (secondary N) is 1. The molecule has 0 atom stereocenters. The van der Waals surface area contributed by atoms with Crippen LogP contribution in [-0.2, 0) is 6.42 Å². The molecule has 7 heteroatoms. The van der Waals surface area contributed by atoms with Crippen molar-refractivity contribution >= 4 is 28.3 Å². The molecule has 0 saturated carbocycles. The average Bonchev–Trinajstić information content (AvgIpc) is 2.90. The van der Waals surface area contributed by atoms with Gasteiger partial charge in [0.2, 0.25) is 5.91 Å².